The zero-order valence-electron chi connectivity index (χ0n) is 17.4. The van der Waals surface area contributed by atoms with Crippen LogP contribution in [0.2, 0.25) is 0 Å². The number of unbranched alkanes of at least 4 members (excludes halogenated alkanes) is 2. The number of hydrogen-bond acceptors (Lipinski definition) is 5. The van der Waals surface area contributed by atoms with E-state index in [9.17, 15) is 18.9 Å². The minimum absolute atomic E-state index is 0. The molecule has 1 aliphatic heterocycles. The van der Waals surface area contributed by atoms with Crippen LogP contribution in [0, 0.1) is 11.8 Å². The summed E-state index contributed by atoms with van der Waals surface area (Å²) in [6.07, 6.45) is 8.72. The van der Waals surface area contributed by atoms with Gasteiger partial charge in [-0.3, -0.25) is 23.8 Å². The molecule has 2 aliphatic rings. The Labute approximate surface area is 202 Å². The molecule has 1 saturated carbocycles. The summed E-state index contributed by atoms with van der Waals surface area (Å²) in [5, 5.41) is 3.04. The van der Waals surface area contributed by atoms with Gasteiger partial charge in [-0.1, -0.05) is 12.8 Å². The predicted molar refractivity (Wildman–Crippen MR) is 105 cm³/mol. The summed E-state index contributed by atoms with van der Waals surface area (Å²) in [7, 11) is -4.38. The Morgan fingerprint density at radius 2 is 1.77 bits per heavy atom. The van der Waals surface area contributed by atoms with Gasteiger partial charge in [0.1, 0.15) is 0 Å². The molecule has 0 bridgehead atoms. The van der Waals surface area contributed by atoms with Gasteiger partial charge in [-0.2, -0.15) is 0 Å². The number of phosphoric ester groups is 1. The van der Waals surface area contributed by atoms with E-state index in [2.05, 4.69) is 9.84 Å². The molecule has 1 aliphatic carbocycles. The number of nitrogens with zero attached hydrogens (tertiary/aromatic N) is 1. The molecule has 167 valence electrons. The van der Waals surface area contributed by atoms with Gasteiger partial charge >= 0.3 is 7.82 Å². The van der Waals surface area contributed by atoms with Crippen LogP contribution in [-0.4, -0.2) is 51.6 Å². The van der Waals surface area contributed by atoms with Gasteiger partial charge in [0.15, 0.2) is 0 Å². The van der Waals surface area contributed by atoms with Crippen molar-refractivity contribution in [3.8, 4) is 0 Å². The van der Waals surface area contributed by atoms with Gasteiger partial charge in [0.2, 0.25) is 5.91 Å². The molecule has 0 spiro atoms. The topological polar surface area (TPSA) is 133 Å². The molecule has 11 heteroatoms. The summed E-state index contributed by atoms with van der Waals surface area (Å²) in [5.41, 5.74) is 0. The smallest absolute Gasteiger partial charge is 0.353 e. The molecule has 0 aromatic carbocycles. The summed E-state index contributed by atoms with van der Waals surface area (Å²) in [6.45, 7) is 2.41. The van der Waals surface area contributed by atoms with Crippen molar-refractivity contribution in [1.82, 2.24) is 10.2 Å². The maximum Gasteiger partial charge on any atom is 0.469 e. The van der Waals surface area contributed by atoms with E-state index in [-0.39, 0.29) is 74.9 Å². The van der Waals surface area contributed by atoms with Crippen molar-refractivity contribution in [3.05, 3.63) is 12.2 Å². The van der Waals surface area contributed by atoms with Gasteiger partial charge in [0.05, 0.1) is 6.61 Å². The molecule has 3 N–H and O–H groups in total. The molecule has 3 amide bonds. The van der Waals surface area contributed by atoms with Crippen LogP contribution < -0.4 is 5.32 Å². The van der Waals surface area contributed by atoms with Crippen molar-refractivity contribution >= 4 is 25.5 Å². The fraction of sp³-hybridized carbons (Fsp3) is 0.737. The first-order valence-corrected chi connectivity index (χ1v) is 11.7. The molecule has 1 unspecified atom stereocenters. The maximum atomic E-state index is 12.5. The third-order valence-corrected chi connectivity index (χ3v) is 6.01. The van der Waals surface area contributed by atoms with Crippen molar-refractivity contribution < 1.29 is 66.0 Å². The van der Waals surface area contributed by atoms with Crippen molar-refractivity contribution in [2.45, 2.75) is 64.3 Å². The summed E-state index contributed by atoms with van der Waals surface area (Å²) in [4.78, 5) is 54.2. The zero-order chi connectivity index (χ0) is 21.4. The number of amides is 3. The van der Waals surface area contributed by atoms with E-state index in [1.54, 1.807) is 0 Å². The number of imide groups is 1. The summed E-state index contributed by atoms with van der Waals surface area (Å²) >= 11 is 0. The average molecular weight is 519 g/mol. The van der Waals surface area contributed by atoms with Crippen LogP contribution in [0.3, 0.4) is 0 Å². The fourth-order valence-electron chi connectivity index (χ4n) is 3.82. The first-order chi connectivity index (χ1) is 13.7. The molecule has 1 heterocycles. The number of nitrogens with one attached hydrogen (secondary N) is 1. The predicted octanol–water partition coefficient (Wildman–Crippen LogP) is 1.89. The second-order valence-corrected chi connectivity index (χ2v) is 9.16. The van der Waals surface area contributed by atoms with Crippen molar-refractivity contribution in [2.75, 3.05) is 13.2 Å². The van der Waals surface area contributed by atoms with Gasteiger partial charge in [-0.05, 0) is 51.4 Å². The second-order valence-electron chi connectivity index (χ2n) is 7.92. The Morgan fingerprint density at radius 3 is 2.33 bits per heavy atom. The molecule has 1 fully saturated rings. The van der Waals surface area contributed by atoms with E-state index in [4.69, 9.17) is 9.79 Å². The fourth-order valence-corrected chi connectivity index (χ4v) is 4.19. The molecule has 1 atom stereocenters. The van der Waals surface area contributed by atoms with E-state index in [0.29, 0.717) is 13.0 Å². The molecule has 0 saturated heterocycles. The van der Waals surface area contributed by atoms with E-state index in [1.807, 2.05) is 6.92 Å². The Balaban J connectivity index is 0.00000450. The number of phosphoric acid groups is 1. The molecule has 30 heavy (non-hydrogen) atoms. The van der Waals surface area contributed by atoms with Crippen LogP contribution in [0.1, 0.15) is 58.3 Å². The average Bonchev–Trinajstić information content (AvgIpc) is 2.96. The number of hydrogen-bond donors (Lipinski definition) is 3. The molecule has 0 aromatic heterocycles. The van der Waals surface area contributed by atoms with E-state index < -0.39 is 7.82 Å². The minimum Gasteiger partial charge on any atom is -0.353 e. The van der Waals surface area contributed by atoms with Crippen molar-refractivity contribution in [2.24, 2.45) is 11.8 Å². The second kappa shape index (κ2) is 13.2. The van der Waals surface area contributed by atoms with Crippen LogP contribution >= 0.6 is 7.82 Å². The molecular weight excluding hydrogens is 488 g/mol. The Hall–Kier alpha value is -0.436. The summed E-state index contributed by atoms with van der Waals surface area (Å²) < 4.78 is 15.0. The first-order valence-electron chi connectivity index (χ1n) is 10.2. The zero-order valence-corrected chi connectivity index (χ0v) is 21.1. The van der Waals surface area contributed by atoms with Crippen molar-refractivity contribution in [1.29, 1.82) is 0 Å². The monoisotopic (exact) mass is 519 g/mol. The van der Waals surface area contributed by atoms with Gasteiger partial charge in [0, 0.05) is 63.4 Å². The molecule has 2 rings (SSSR count). The molecular formula is C19H31N2O7PY. The van der Waals surface area contributed by atoms with Crippen LogP contribution in [0.25, 0.3) is 0 Å². The first kappa shape index (κ1) is 27.6. The van der Waals surface area contributed by atoms with Gasteiger partial charge in [-0.25, -0.2) is 4.57 Å². The number of carbonyl (C=O) groups is 3. The molecule has 9 nitrogen and oxygen atoms in total. The normalized spacial score (nSPS) is 22.7. The number of carbonyl (C=O) groups excluding carboxylic acids is 3. The maximum absolute atomic E-state index is 12.5. The van der Waals surface area contributed by atoms with E-state index >= 15 is 0 Å². The molecule has 0 aromatic rings. The largest absolute Gasteiger partial charge is 0.469 e. The van der Waals surface area contributed by atoms with Crippen LogP contribution in [0.15, 0.2) is 12.2 Å². The standard InChI is InChI=1S/C19H31N2O7P.Y/c1-14(5-3-2-4-12-28-29(25,26)27)20-19(24)16-8-6-15(7-9-16)13-21-17(22)10-11-18(21)23;/h10-11,14-16H,2-9,12-13H2,1H3,(H,20,24)(H2,25,26,27);. The Morgan fingerprint density at radius 1 is 1.17 bits per heavy atom. The van der Waals surface area contributed by atoms with Gasteiger partial charge in [-0.15, -0.1) is 0 Å². The SMILES string of the molecule is CC(CCCCCOP(=O)(O)O)NC(=O)C1CCC(CN2C(=O)C=CC2=O)CC1.[Y]. The molecule has 1 radical (unpaired) electrons. The number of rotatable bonds is 11. The minimum atomic E-state index is -4.38. The van der Waals surface area contributed by atoms with Gasteiger partial charge in [0.25, 0.3) is 11.8 Å². The third-order valence-electron chi connectivity index (χ3n) is 5.49. The third kappa shape index (κ3) is 9.79. The Bertz CT molecular complexity index is 656. The van der Waals surface area contributed by atoms with E-state index in [0.717, 1.165) is 44.9 Å². The summed E-state index contributed by atoms with van der Waals surface area (Å²) in [5.74, 6) is -0.238. The Kier molecular flexibility index (Phi) is 12.1. The van der Waals surface area contributed by atoms with E-state index in [1.165, 1.54) is 17.1 Å². The van der Waals surface area contributed by atoms with Crippen LogP contribution in [0.5, 0.6) is 0 Å². The van der Waals surface area contributed by atoms with Crippen molar-refractivity contribution in [3.63, 3.8) is 0 Å². The van der Waals surface area contributed by atoms with Gasteiger partial charge < -0.3 is 15.1 Å². The summed E-state index contributed by atoms with van der Waals surface area (Å²) in [6, 6.07) is 0.0360. The van der Waals surface area contributed by atoms with Crippen LogP contribution in [0.4, 0.5) is 0 Å². The quantitative estimate of drug-likeness (QED) is 0.216. The van der Waals surface area contributed by atoms with Crippen LogP contribution in [-0.2, 0) is 56.2 Å².